The Morgan fingerprint density at radius 1 is 0.962 bits per heavy atom. The van der Waals surface area contributed by atoms with Crippen LogP contribution in [0, 0.1) is 0 Å². The molecule has 3 heterocycles. The minimum atomic E-state index is 0.539. The first-order chi connectivity index (χ1) is 12.8. The molecule has 0 saturated heterocycles. The van der Waals surface area contributed by atoms with Crippen LogP contribution in [0.4, 0.5) is 0 Å². The lowest BCUT2D eigenvalue weighted by Gasteiger charge is -2.25. The fraction of sp³-hybridized carbons (Fsp3) is 0.190. The van der Waals surface area contributed by atoms with Gasteiger partial charge in [0.1, 0.15) is 0 Å². The summed E-state index contributed by atoms with van der Waals surface area (Å²) in [4.78, 5) is 9.17. The lowest BCUT2D eigenvalue weighted by Crippen LogP contribution is -2.17. The second-order valence-corrected chi connectivity index (χ2v) is 7.11. The number of benzene rings is 1. The first-order valence-corrected chi connectivity index (χ1v) is 9.23. The van der Waals surface area contributed by atoms with Crippen molar-refractivity contribution in [3.05, 3.63) is 65.9 Å². The second-order valence-electron chi connectivity index (χ2n) is 6.70. The number of halogens is 1. The van der Waals surface area contributed by atoms with Gasteiger partial charge in [-0.05, 0) is 55.7 Å². The van der Waals surface area contributed by atoms with Gasteiger partial charge in [0.05, 0.1) is 33.7 Å². The molecule has 1 fully saturated rings. The van der Waals surface area contributed by atoms with Crippen LogP contribution in [0.25, 0.3) is 33.5 Å². The average molecular weight is 361 g/mol. The molecule has 1 aliphatic rings. The number of rotatable bonds is 3. The molecule has 1 aliphatic carbocycles. The van der Waals surface area contributed by atoms with E-state index in [-0.39, 0.29) is 0 Å². The van der Waals surface area contributed by atoms with Crippen molar-refractivity contribution >= 4 is 22.5 Å². The Bertz CT molecular complexity index is 1080. The highest BCUT2D eigenvalue weighted by molar-refractivity contribution is 6.34. The van der Waals surface area contributed by atoms with E-state index in [2.05, 4.69) is 15.9 Å². The summed E-state index contributed by atoms with van der Waals surface area (Å²) < 4.78 is 2.07. The predicted molar refractivity (Wildman–Crippen MR) is 104 cm³/mol. The summed E-state index contributed by atoms with van der Waals surface area (Å²) >= 11 is 6.54. The van der Waals surface area contributed by atoms with E-state index in [1.165, 1.54) is 19.3 Å². The molecule has 0 aliphatic heterocycles. The van der Waals surface area contributed by atoms with Gasteiger partial charge in [-0.25, -0.2) is 4.98 Å². The van der Waals surface area contributed by atoms with E-state index < -0.39 is 0 Å². The molecular formula is C21H17ClN4. The van der Waals surface area contributed by atoms with Crippen LogP contribution < -0.4 is 0 Å². The van der Waals surface area contributed by atoms with Crippen LogP contribution in [0.3, 0.4) is 0 Å². The standard InChI is InChI=1S/C21H17ClN4/c22-17-12-14-7-8-20(19-6-1-2-10-23-19)24-21(14)13-16(17)18-9-11-26(25-18)15-4-3-5-15/h1-2,6-13,15H,3-5H2. The lowest BCUT2D eigenvalue weighted by molar-refractivity contribution is 0.290. The molecule has 0 radical (unpaired) electrons. The van der Waals surface area contributed by atoms with E-state index in [1.807, 2.05) is 48.5 Å². The van der Waals surface area contributed by atoms with Crippen LogP contribution >= 0.6 is 11.6 Å². The highest BCUT2D eigenvalue weighted by Gasteiger charge is 2.20. The normalized spacial score (nSPS) is 14.5. The fourth-order valence-corrected chi connectivity index (χ4v) is 3.60. The Balaban J connectivity index is 1.59. The molecule has 4 nitrogen and oxygen atoms in total. The zero-order chi connectivity index (χ0) is 17.5. The molecule has 0 N–H and O–H groups in total. The maximum absolute atomic E-state index is 6.54. The van der Waals surface area contributed by atoms with Crippen molar-refractivity contribution in [2.24, 2.45) is 0 Å². The maximum atomic E-state index is 6.54. The largest absolute Gasteiger partial charge is 0.269 e. The van der Waals surface area contributed by atoms with E-state index in [0.29, 0.717) is 11.1 Å². The topological polar surface area (TPSA) is 43.6 Å². The Morgan fingerprint density at radius 3 is 2.65 bits per heavy atom. The smallest absolute Gasteiger partial charge is 0.0939 e. The number of pyridine rings is 2. The monoisotopic (exact) mass is 360 g/mol. The lowest BCUT2D eigenvalue weighted by atomic mass is 9.93. The molecule has 5 rings (SSSR count). The van der Waals surface area contributed by atoms with Crippen LogP contribution in [0.5, 0.6) is 0 Å². The summed E-state index contributed by atoms with van der Waals surface area (Å²) in [6, 6.07) is 16.4. The van der Waals surface area contributed by atoms with E-state index in [1.54, 1.807) is 6.20 Å². The van der Waals surface area contributed by atoms with Crippen molar-refractivity contribution in [2.75, 3.05) is 0 Å². The van der Waals surface area contributed by atoms with Crippen LogP contribution in [-0.4, -0.2) is 19.7 Å². The summed E-state index contributed by atoms with van der Waals surface area (Å²) in [6.07, 6.45) is 7.54. The van der Waals surface area contributed by atoms with Gasteiger partial charge in [0.25, 0.3) is 0 Å². The van der Waals surface area contributed by atoms with Gasteiger partial charge in [-0.15, -0.1) is 0 Å². The van der Waals surface area contributed by atoms with Crippen molar-refractivity contribution in [3.63, 3.8) is 0 Å². The molecule has 0 atom stereocenters. The molecule has 4 aromatic rings. The van der Waals surface area contributed by atoms with Gasteiger partial charge in [0.2, 0.25) is 0 Å². The van der Waals surface area contributed by atoms with Gasteiger partial charge in [-0.1, -0.05) is 23.7 Å². The van der Waals surface area contributed by atoms with Gasteiger partial charge in [-0.2, -0.15) is 5.10 Å². The van der Waals surface area contributed by atoms with Crippen LogP contribution in [-0.2, 0) is 0 Å². The SMILES string of the molecule is Clc1cc2ccc(-c3ccccn3)nc2cc1-c1ccn(C2CCC2)n1. The highest BCUT2D eigenvalue weighted by Crippen LogP contribution is 2.34. The van der Waals surface area contributed by atoms with Crippen LogP contribution in [0.2, 0.25) is 5.02 Å². The van der Waals surface area contributed by atoms with Gasteiger partial charge in [0, 0.05) is 23.3 Å². The van der Waals surface area contributed by atoms with E-state index in [9.17, 15) is 0 Å². The Kier molecular flexibility index (Phi) is 3.71. The zero-order valence-electron chi connectivity index (χ0n) is 14.1. The molecule has 1 aromatic carbocycles. The van der Waals surface area contributed by atoms with Crippen molar-refractivity contribution in [3.8, 4) is 22.6 Å². The summed E-state index contributed by atoms with van der Waals surface area (Å²) in [5, 5.41) is 6.45. The van der Waals surface area contributed by atoms with Crippen molar-refractivity contribution < 1.29 is 0 Å². The first kappa shape index (κ1) is 15.5. The average Bonchev–Trinajstić information content (AvgIpc) is 3.09. The highest BCUT2D eigenvalue weighted by atomic mass is 35.5. The number of nitrogens with zero attached hydrogens (tertiary/aromatic N) is 4. The number of aromatic nitrogens is 4. The Labute approximate surface area is 156 Å². The molecule has 5 heteroatoms. The summed E-state index contributed by atoms with van der Waals surface area (Å²) in [5.74, 6) is 0. The molecule has 0 bridgehead atoms. The van der Waals surface area contributed by atoms with Gasteiger partial charge < -0.3 is 0 Å². The zero-order valence-corrected chi connectivity index (χ0v) is 14.9. The summed E-state index contributed by atoms with van der Waals surface area (Å²) in [7, 11) is 0. The third-order valence-electron chi connectivity index (χ3n) is 5.04. The molecule has 26 heavy (non-hydrogen) atoms. The molecule has 0 amide bonds. The van der Waals surface area contributed by atoms with Gasteiger partial charge in [0.15, 0.2) is 0 Å². The first-order valence-electron chi connectivity index (χ1n) is 8.85. The third kappa shape index (κ3) is 2.67. The molecule has 0 spiro atoms. The Hall–Kier alpha value is -2.72. The summed E-state index contributed by atoms with van der Waals surface area (Å²) in [6.45, 7) is 0. The molecular weight excluding hydrogens is 344 g/mol. The van der Waals surface area contributed by atoms with Gasteiger partial charge in [-0.3, -0.25) is 9.67 Å². The Morgan fingerprint density at radius 2 is 1.88 bits per heavy atom. The number of fused-ring (bicyclic) bond motifs is 1. The van der Waals surface area contributed by atoms with Crippen LogP contribution in [0.1, 0.15) is 25.3 Å². The van der Waals surface area contributed by atoms with E-state index >= 15 is 0 Å². The third-order valence-corrected chi connectivity index (χ3v) is 5.35. The predicted octanol–water partition coefficient (Wildman–Crippen LogP) is 5.54. The molecule has 128 valence electrons. The van der Waals surface area contributed by atoms with Gasteiger partial charge >= 0.3 is 0 Å². The number of hydrogen-bond acceptors (Lipinski definition) is 3. The molecule has 3 aromatic heterocycles. The second kappa shape index (κ2) is 6.22. The van der Waals surface area contributed by atoms with Crippen molar-refractivity contribution in [1.82, 2.24) is 19.7 Å². The van der Waals surface area contributed by atoms with Crippen LogP contribution in [0.15, 0.2) is 60.9 Å². The fourth-order valence-electron chi connectivity index (χ4n) is 3.33. The molecule has 1 saturated carbocycles. The van der Waals surface area contributed by atoms with E-state index in [4.69, 9.17) is 21.7 Å². The maximum Gasteiger partial charge on any atom is 0.0939 e. The molecule has 0 unspecified atom stereocenters. The minimum Gasteiger partial charge on any atom is -0.269 e. The van der Waals surface area contributed by atoms with Crippen molar-refractivity contribution in [1.29, 1.82) is 0 Å². The van der Waals surface area contributed by atoms with E-state index in [0.717, 1.165) is 33.5 Å². The minimum absolute atomic E-state index is 0.539. The summed E-state index contributed by atoms with van der Waals surface area (Å²) in [5.41, 5.74) is 4.43. The number of hydrogen-bond donors (Lipinski definition) is 0. The quantitative estimate of drug-likeness (QED) is 0.482. The van der Waals surface area contributed by atoms with Crippen molar-refractivity contribution in [2.45, 2.75) is 25.3 Å².